The van der Waals surface area contributed by atoms with Crippen LogP contribution in [0.25, 0.3) is 10.2 Å². The molecule has 2 aliphatic rings. The van der Waals surface area contributed by atoms with Crippen LogP contribution in [-0.4, -0.2) is 72.7 Å². The normalized spacial score (nSPS) is 15.7. The van der Waals surface area contributed by atoms with Crippen LogP contribution in [-0.2, 0) is 17.6 Å². The zero-order valence-electron chi connectivity index (χ0n) is 21.2. The van der Waals surface area contributed by atoms with E-state index in [1.807, 2.05) is 11.0 Å². The van der Waals surface area contributed by atoms with Crippen molar-refractivity contribution < 1.29 is 9.53 Å². The molecule has 9 nitrogen and oxygen atoms in total. The molecule has 0 spiro atoms. The van der Waals surface area contributed by atoms with Gasteiger partial charge in [-0.3, -0.25) is 4.79 Å². The largest absolute Gasteiger partial charge is 0.494 e. The maximum Gasteiger partial charge on any atom is 0.209 e. The standard InChI is InChI=1S/C18H19N5OS.C8H16N2O/c1-24-14-7-12(20)10(8-19)6-13(14)23-17-16-11-4-2-3-5-15(11)25-18(16)22-9-21-17;1-9(2)8-3-5-10(7-11)6-4-8/h6-9,19H,2-5,20H2,1H3,(H,21,22,23);7-8H,3-6H2,1-2H3. The average molecular weight is 510 g/mol. The van der Waals surface area contributed by atoms with Crippen LogP contribution in [0.5, 0.6) is 5.75 Å². The van der Waals surface area contributed by atoms with Gasteiger partial charge < -0.3 is 31.0 Å². The molecule has 3 aromatic rings. The van der Waals surface area contributed by atoms with Gasteiger partial charge in [-0.1, -0.05) is 0 Å². The summed E-state index contributed by atoms with van der Waals surface area (Å²) < 4.78 is 5.45. The number of nitrogens with one attached hydrogen (secondary N) is 2. The fourth-order valence-electron chi connectivity index (χ4n) is 4.82. The second kappa shape index (κ2) is 11.7. The molecule has 4 N–H and O–H groups in total. The van der Waals surface area contributed by atoms with Crippen molar-refractivity contribution in [3.63, 3.8) is 0 Å². The van der Waals surface area contributed by atoms with Crippen molar-refractivity contribution in [2.45, 2.75) is 44.6 Å². The van der Waals surface area contributed by atoms with E-state index in [1.54, 1.807) is 30.8 Å². The SMILES string of the molecule is CN(C)C1CCN(C=O)CC1.COc1cc(N)c(C=N)cc1Nc1ncnc2sc3c(c12)CCCC3. The number of hydrogen-bond donors (Lipinski definition) is 3. The third-order valence-corrected chi connectivity index (χ3v) is 8.14. The van der Waals surface area contributed by atoms with Crippen molar-refractivity contribution in [3.05, 3.63) is 34.5 Å². The summed E-state index contributed by atoms with van der Waals surface area (Å²) in [5.74, 6) is 1.40. The zero-order chi connectivity index (χ0) is 25.7. The first-order valence-corrected chi connectivity index (χ1v) is 13.1. The van der Waals surface area contributed by atoms with E-state index in [2.05, 4.69) is 34.3 Å². The summed E-state index contributed by atoms with van der Waals surface area (Å²) in [6, 6.07) is 4.21. The van der Waals surface area contributed by atoms with Crippen LogP contribution < -0.4 is 15.8 Å². The van der Waals surface area contributed by atoms with Crippen LogP contribution in [0.2, 0.25) is 0 Å². The number of nitrogens with two attached hydrogens (primary N) is 1. The Morgan fingerprint density at radius 1 is 1.22 bits per heavy atom. The van der Waals surface area contributed by atoms with E-state index in [4.69, 9.17) is 15.9 Å². The number of nitrogens with zero attached hydrogens (tertiary/aromatic N) is 4. The van der Waals surface area contributed by atoms with Crippen molar-refractivity contribution in [1.29, 1.82) is 5.41 Å². The average Bonchev–Trinajstić information content (AvgIpc) is 3.29. The summed E-state index contributed by atoms with van der Waals surface area (Å²) >= 11 is 1.77. The number of rotatable bonds is 6. The molecule has 3 heterocycles. The maximum absolute atomic E-state index is 10.3. The number of fused-ring (bicyclic) bond motifs is 3. The zero-order valence-corrected chi connectivity index (χ0v) is 22.0. The lowest BCUT2D eigenvalue weighted by Crippen LogP contribution is -2.41. The van der Waals surface area contributed by atoms with Crippen LogP contribution in [0.3, 0.4) is 0 Å². The lowest BCUT2D eigenvalue weighted by atomic mass is 9.97. The first kappa shape index (κ1) is 25.8. The highest BCUT2D eigenvalue weighted by Crippen LogP contribution is 2.40. The second-order valence-corrected chi connectivity index (χ2v) is 10.5. The van der Waals surface area contributed by atoms with Crippen molar-refractivity contribution in [3.8, 4) is 5.75 Å². The van der Waals surface area contributed by atoms with Crippen LogP contribution in [0.15, 0.2) is 18.5 Å². The first-order chi connectivity index (χ1) is 17.4. The Labute approximate surface area is 216 Å². The number of ether oxygens (including phenoxy) is 1. The number of carbonyl (C=O) groups is 1. The summed E-state index contributed by atoms with van der Waals surface area (Å²) in [6.07, 6.45) is 10.7. The Morgan fingerprint density at radius 3 is 2.64 bits per heavy atom. The van der Waals surface area contributed by atoms with E-state index in [1.165, 1.54) is 29.5 Å². The summed E-state index contributed by atoms with van der Waals surface area (Å²) in [5.41, 5.74) is 9.22. The molecule has 1 aliphatic heterocycles. The van der Waals surface area contributed by atoms with Gasteiger partial charge in [-0.05, 0) is 64.3 Å². The van der Waals surface area contributed by atoms with Crippen LogP contribution in [0.4, 0.5) is 17.2 Å². The van der Waals surface area contributed by atoms with E-state index in [9.17, 15) is 4.79 Å². The highest BCUT2D eigenvalue weighted by Gasteiger charge is 2.21. The van der Waals surface area contributed by atoms with E-state index < -0.39 is 0 Å². The molecule has 1 fully saturated rings. The summed E-state index contributed by atoms with van der Waals surface area (Å²) in [5, 5.41) is 12.0. The molecule has 1 saturated heterocycles. The van der Waals surface area contributed by atoms with Crippen molar-refractivity contribution in [2.24, 2.45) is 0 Å². The Hall–Kier alpha value is -3.24. The Morgan fingerprint density at radius 2 is 1.97 bits per heavy atom. The molecule has 1 aliphatic carbocycles. The van der Waals surface area contributed by atoms with E-state index >= 15 is 0 Å². The van der Waals surface area contributed by atoms with Crippen LogP contribution >= 0.6 is 11.3 Å². The summed E-state index contributed by atoms with van der Waals surface area (Å²) in [7, 11) is 5.80. The van der Waals surface area contributed by atoms with Crippen LogP contribution in [0, 0.1) is 5.41 Å². The number of nitrogen functional groups attached to an aromatic ring is 1. The van der Waals surface area contributed by atoms with Gasteiger partial charge in [-0.2, -0.15) is 0 Å². The molecule has 0 saturated carbocycles. The predicted molar refractivity (Wildman–Crippen MR) is 147 cm³/mol. The van der Waals surface area contributed by atoms with E-state index in [0.717, 1.165) is 66.9 Å². The van der Waals surface area contributed by atoms with E-state index in [0.29, 0.717) is 23.0 Å². The Balaban J connectivity index is 0.000000233. The highest BCUT2D eigenvalue weighted by molar-refractivity contribution is 7.19. The molecule has 0 bridgehead atoms. The van der Waals surface area contributed by atoms with Gasteiger partial charge in [0, 0.05) is 47.5 Å². The number of carbonyl (C=O) groups excluding carboxylic acids is 1. The fourth-order valence-corrected chi connectivity index (χ4v) is 6.05. The lowest BCUT2D eigenvalue weighted by Gasteiger charge is -2.33. The molecule has 0 radical (unpaired) electrons. The lowest BCUT2D eigenvalue weighted by molar-refractivity contribution is -0.119. The minimum Gasteiger partial charge on any atom is -0.494 e. The molecular formula is C26H35N7O2S. The molecule has 10 heteroatoms. The number of hydrogen-bond acceptors (Lipinski definition) is 9. The summed E-state index contributed by atoms with van der Waals surface area (Å²) in [4.78, 5) is 25.8. The highest BCUT2D eigenvalue weighted by atomic mass is 32.1. The number of amides is 1. The number of anilines is 3. The topological polar surface area (TPSA) is 120 Å². The molecule has 5 rings (SSSR count). The number of benzene rings is 1. The Bertz CT molecular complexity index is 1220. The molecule has 2 aromatic heterocycles. The number of aryl methyl sites for hydroxylation is 2. The smallest absolute Gasteiger partial charge is 0.209 e. The molecule has 192 valence electrons. The minimum absolute atomic E-state index is 0.512. The van der Waals surface area contributed by atoms with Crippen molar-refractivity contribution in [2.75, 3.05) is 45.3 Å². The number of methoxy groups -OCH3 is 1. The number of piperidine rings is 1. The minimum atomic E-state index is 0.512. The second-order valence-electron chi connectivity index (χ2n) is 9.40. The third kappa shape index (κ3) is 5.60. The van der Waals surface area contributed by atoms with Gasteiger partial charge in [-0.15, -0.1) is 11.3 Å². The predicted octanol–water partition coefficient (Wildman–Crippen LogP) is 4.07. The Kier molecular flexibility index (Phi) is 8.37. The van der Waals surface area contributed by atoms with Crippen molar-refractivity contribution in [1.82, 2.24) is 19.8 Å². The quantitative estimate of drug-likeness (QED) is 0.260. The van der Waals surface area contributed by atoms with Gasteiger partial charge in [0.05, 0.1) is 18.2 Å². The monoisotopic (exact) mass is 509 g/mol. The number of thiophene rings is 1. The van der Waals surface area contributed by atoms with Gasteiger partial charge in [0.1, 0.15) is 22.7 Å². The van der Waals surface area contributed by atoms with Crippen molar-refractivity contribution >= 4 is 51.4 Å². The van der Waals surface area contributed by atoms with Gasteiger partial charge in [0.2, 0.25) is 6.41 Å². The van der Waals surface area contributed by atoms with Gasteiger partial charge in [0.15, 0.2) is 0 Å². The van der Waals surface area contributed by atoms with Gasteiger partial charge in [0.25, 0.3) is 0 Å². The number of likely N-dealkylation sites (tertiary alicyclic amines) is 1. The van der Waals surface area contributed by atoms with Gasteiger partial charge >= 0.3 is 0 Å². The van der Waals surface area contributed by atoms with E-state index in [-0.39, 0.29) is 0 Å². The third-order valence-electron chi connectivity index (χ3n) is 6.94. The first-order valence-electron chi connectivity index (χ1n) is 12.3. The fraction of sp³-hybridized carbons (Fsp3) is 0.462. The molecule has 0 unspecified atom stereocenters. The van der Waals surface area contributed by atoms with Crippen LogP contribution in [0.1, 0.15) is 41.7 Å². The maximum atomic E-state index is 10.3. The number of aromatic nitrogens is 2. The molecular weight excluding hydrogens is 474 g/mol. The summed E-state index contributed by atoms with van der Waals surface area (Å²) in [6.45, 7) is 1.85. The molecule has 36 heavy (non-hydrogen) atoms. The molecule has 0 atom stereocenters. The molecule has 1 aromatic carbocycles. The van der Waals surface area contributed by atoms with Gasteiger partial charge in [-0.25, -0.2) is 9.97 Å². The molecule has 1 amide bonds.